The summed E-state index contributed by atoms with van der Waals surface area (Å²) in [5.74, 6) is -0.388. The third kappa shape index (κ3) is 4.69. The molecule has 0 saturated carbocycles. The van der Waals surface area contributed by atoms with Crippen molar-refractivity contribution in [2.45, 2.75) is 17.9 Å². The number of amides is 1. The maximum Gasteiger partial charge on any atom is 0.310 e. The predicted molar refractivity (Wildman–Crippen MR) is 136 cm³/mol. The zero-order valence-corrected chi connectivity index (χ0v) is 20.6. The van der Waals surface area contributed by atoms with Crippen LogP contribution in [0.1, 0.15) is 29.0 Å². The third-order valence-corrected chi connectivity index (χ3v) is 7.81. The Morgan fingerprint density at radius 2 is 1.65 bits per heavy atom. The lowest BCUT2D eigenvalue weighted by Gasteiger charge is -2.40. The summed E-state index contributed by atoms with van der Waals surface area (Å²) >= 11 is 1.25. The van der Waals surface area contributed by atoms with Gasteiger partial charge in [0, 0.05) is 33.6 Å². The van der Waals surface area contributed by atoms with E-state index in [1.54, 1.807) is 48.1 Å². The fraction of sp³-hybridized carbons (Fsp3) is 0.0800. The lowest BCUT2D eigenvalue weighted by Crippen LogP contribution is -2.27. The van der Waals surface area contributed by atoms with Gasteiger partial charge in [0.2, 0.25) is 0 Å². The van der Waals surface area contributed by atoms with Gasteiger partial charge in [0.25, 0.3) is 11.5 Å². The number of nitrogens with one attached hydrogen (secondary N) is 1. The number of halogens is 5. The van der Waals surface area contributed by atoms with Crippen molar-refractivity contribution in [1.29, 1.82) is 0 Å². The van der Waals surface area contributed by atoms with Crippen molar-refractivity contribution in [3.8, 4) is 5.69 Å². The molecule has 0 spiro atoms. The average molecular weight is 552 g/mol. The number of thiophene rings is 1. The van der Waals surface area contributed by atoms with Gasteiger partial charge in [-0.2, -0.15) is 11.3 Å². The number of carbonyl (C=O) groups is 1. The molecule has 5 nitrogen and oxygen atoms in total. The van der Waals surface area contributed by atoms with Crippen molar-refractivity contribution in [1.82, 2.24) is 14.9 Å². The number of carbonyl (C=O) groups excluding carboxylic acids is 1. The minimum atomic E-state index is -9.87. The van der Waals surface area contributed by atoms with Crippen LogP contribution in [-0.4, -0.2) is 15.5 Å². The predicted octanol–water partition coefficient (Wildman–Crippen LogP) is 7.75. The van der Waals surface area contributed by atoms with Crippen LogP contribution in [0, 0.1) is 0 Å². The maximum atomic E-state index is 13.3. The molecule has 3 aromatic heterocycles. The second-order valence-electron chi connectivity index (χ2n) is 8.48. The quantitative estimate of drug-likeness (QED) is 0.227. The molecule has 0 fully saturated rings. The fourth-order valence-electron chi connectivity index (χ4n) is 4.08. The van der Waals surface area contributed by atoms with E-state index in [1.165, 1.54) is 23.5 Å². The summed E-state index contributed by atoms with van der Waals surface area (Å²) in [4.78, 5) is 28.4. The van der Waals surface area contributed by atoms with Gasteiger partial charge in [0.1, 0.15) is 4.90 Å². The molecule has 192 valence electrons. The van der Waals surface area contributed by atoms with Gasteiger partial charge in [0.05, 0.1) is 22.6 Å². The zero-order chi connectivity index (χ0) is 26.7. The Kier molecular flexibility index (Phi) is 5.29. The molecule has 5 aromatic rings. The molecule has 1 amide bonds. The van der Waals surface area contributed by atoms with Crippen molar-refractivity contribution < 1.29 is 24.2 Å². The Hall–Kier alpha value is -3.77. The highest BCUT2D eigenvalue weighted by molar-refractivity contribution is 8.45. The Bertz CT molecular complexity index is 1730. The number of pyridine rings is 2. The van der Waals surface area contributed by atoms with E-state index in [0.717, 1.165) is 16.7 Å². The van der Waals surface area contributed by atoms with Crippen LogP contribution in [-0.2, 0) is 0 Å². The third-order valence-electron chi connectivity index (χ3n) is 5.90. The van der Waals surface area contributed by atoms with Crippen molar-refractivity contribution in [2.75, 3.05) is 0 Å². The second-order valence-corrected chi connectivity index (χ2v) is 11.6. The molecule has 2 aromatic carbocycles. The number of hydrogen-bond donors (Lipinski definition) is 1. The first-order valence-corrected chi connectivity index (χ1v) is 13.7. The molecular weight excluding hydrogens is 533 g/mol. The van der Waals surface area contributed by atoms with Crippen LogP contribution in [0.15, 0.2) is 87.3 Å². The minimum Gasteiger partial charge on any atom is -0.344 e. The topological polar surface area (TPSA) is 64.0 Å². The molecule has 0 saturated heterocycles. The zero-order valence-electron chi connectivity index (χ0n) is 19.0. The fourth-order valence-corrected chi connectivity index (χ4v) is 5.56. The monoisotopic (exact) mass is 551 g/mol. The summed E-state index contributed by atoms with van der Waals surface area (Å²) in [6.45, 7) is 1.78. The smallest absolute Gasteiger partial charge is 0.310 e. The Labute approximate surface area is 210 Å². The van der Waals surface area contributed by atoms with E-state index in [9.17, 15) is 29.0 Å². The molecule has 37 heavy (non-hydrogen) atoms. The first-order chi connectivity index (χ1) is 17.2. The van der Waals surface area contributed by atoms with Crippen molar-refractivity contribution in [3.05, 3.63) is 99.2 Å². The van der Waals surface area contributed by atoms with E-state index in [0.29, 0.717) is 27.5 Å². The van der Waals surface area contributed by atoms with Crippen LogP contribution in [0.4, 0.5) is 19.4 Å². The Balaban J connectivity index is 1.61. The van der Waals surface area contributed by atoms with Crippen LogP contribution in [0.3, 0.4) is 0 Å². The van der Waals surface area contributed by atoms with Gasteiger partial charge in [-0.1, -0.05) is 25.5 Å². The van der Waals surface area contributed by atoms with Crippen molar-refractivity contribution in [2.24, 2.45) is 0 Å². The van der Waals surface area contributed by atoms with Gasteiger partial charge in [-0.15, -0.1) is 0 Å². The second kappa shape index (κ2) is 7.86. The van der Waals surface area contributed by atoms with E-state index >= 15 is 0 Å². The van der Waals surface area contributed by atoms with Gasteiger partial charge in [0.15, 0.2) is 0 Å². The highest BCUT2D eigenvalue weighted by Crippen LogP contribution is 3.02. The number of fused-ring (bicyclic) bond motifs is 3. The Morgan fingerprint density at radius 1 is 0.946 bits per heavy atom. The lowest BCUT2D eigenvalue weighted by molar-refractivity contribution is 0.0939. The summed E-state index contributed by atoms with van der Waals surface area (Å²) < 4.78 is 67.1. The minimum absolute atomic E-state index is 0.0188. The molecule has 0 bridgehead atoms. The number of hydrogen-bond acceptors (Lipinski definition) is 4. The van der Waals surface area contributed by atoms with Crippen LogP contribution in [0.25, 0.3) is 27.4 Å². The Morgan fingerprint density at radius 3 is 2.30 bits per heavy atom. The highest BCUT2D eigenvalue weighted by Gasteiger charge is 2.65. The SMILES string of the molecule is C[C@H](NC(=O)c1ccc2c(c1)c1cscc1c(=O)n2-c1ccc(S(F)(F)(F)(F)F)cc1)c1ccccn1. The van der Waals surface area contributed by atoms with E-state index in [2.05, 4.69) is 10.3 Å². The molecule has 1 N–H and O–H groups in total. The molecular formula is C25H18F5N3O2S2. The number of benzene rings is 2. The molecule has 5 rings (SSSR count). The van der Waals surface area contributed by atoms with Crippen LogP contribution < -0.4 is 10.9 Å². The molecule has 0 aliphatic heterocycles. The van der Waals surface area contributed by atoms with Crippen molar-refractivity contribution >= 4 is 49.1 Å². The maximum absolute atomic E-state index is 13.3. The number of aromatic nitrogens is 2. The molecule has 1 atom stereocenters. The van der Waals surface area contributed by atoms with Gasteiger partial charge in [-0.25, -0.2) is 0 Å². The first-order valence-electron chi connectivity index (χ1n) is 10.8. The van der Waals surface area contributed by atoms with Gasteiger partial charge >= 0.3 is 10.2 Å². The van der Waals surface area contributed by atoms with E-state index in [-0.39, 0.29) is 35.2 Å². The number of nitrogens with zero attached hydrogens (tertiary/aromatic N) is 2. The van der Waals surface area contributed by atoms with E-state index in [1.807, 2.05) is 0 Å². The molecule has 0 aliphatic rings. The summed E-state index contributed by atoms with van der Waals surface area (Å²) in [6.07, 6.45) is 1.62. The normalized spacial score (nSPS) is 14.8. The summed E-state index contributed by atoms with van der Waals surface area (Å²) in [6, 6.07) is 11.8. The van der Waals surface area contributed by atoms with Crippen LogP contribution in [0.5, 0.6) is 0 Å². The molecule has 0 unspecified atom stereocenters. The van der Waals surface area contributed by atoms with Gasteiger partial charge in [-0.3, -0.25) is 19.1 Å². The standard InChI is InChI=1S/C25H18F5N3O2S2/c1-15(22-4-2-3-11-31-22)32-24(34)16-5-10-23-19(12-16)20-13-36-14-21(20)25(35)33(23)17-6-8-18(9-7-17)37(26,27,28,29)30/h2-15H,1H3,(H,32,34)/t15-/m0/s1. The summed E-state index contributed by atoms with van der Waals surface area (Å²) in [5, 5.41) is 7.55. The largest absolute Gasteiger partial charge is 0.344 e. The van der Waals surface area contributed by atoms with Crippen LogP contribution in [0.2, 0.25) is 0 Å². The van der Waals surface area contributed by atoms with Crippen molar-refractivity contribution in [3.63, 3.8) is 0 Å². The first kappa shape index (κ1) is 24.9. The lowest BCUT2D eigenvalue weighted by atomic mass is 10.1. The molecule has 12 heteroatoms. The van der Waals surface area contributed by atoms with Gasteiger partial charge in [-0.05, 0) is 66.9 Å². The summed E-state index contributed by atoms with van der Waals surface area (Å²) in [7, 11) is -9.87. The van der Waals surface area contributed by atoms with Crippen LogP contribution >= 0.6 is 21.6 Å². The molecule has 3 heterocycles. The highest BCUT2D eigenvalue weighted by atomic mass is 32.5. The molecule has 0 radical (unpaired) electrons. The van der Waals surface area contributed by atoms with E-state index in [4.69, 9.17) is 0 Å². The molecule has 0 aliphatic carbocycles. The summed E-state index contributed by atoms with van der Waals surface area (Å²) in [5.41, 5.74) is 0.731. The number of rotatable bonds is 5. The van der Waals surface area contributed by atoms with Gasteiger partial charge < -0.3 is 5.32 Å². The average Bonchev–Trinajstić information content (AvgIpc) is 3.34. The van der Waals surface area contributed by atoms with E-state index < -0.39 is 20.7 Å².